The maximum absolute atomic E-state index is 5.07. The van der Waals surface area contributed by atoms with Gasteiger partial charge < -0.3 is 4.52 Å². The van der Waals surface area contributed by atoms with E-state index in [1.807, 2.05) is 13.0 Å². The Morgan fingerprint density at radius 3 is 2.50 bits per heavy atom. The third kappa shape index (κ3) is 3.62. The molecule has 0 unspecified atom stereocenters. The summed E-state index contributed by atoms with van der Waals surface area (Å²) >= 11 is 1.77. The van der Waals surface area contributed by atoms with Gasteiger partial charge in [-0.1, -0.05) is 17.3 Å². The third-order valence-electron chi connectivity index (χ3n) is 2.72. The number of aryl methyl sites for hydroxylation is 1. The third-order valence-corrected chi connectivity index (χ3v) is 3.46. The highest BCUT2D eigenvalue weighted by Crippen LogP contribution is 2.16. The number of rotatable bonds is 5. The topological polar surface area (TPSA) is 29.3 Å². The SMILES string of the molecule is CSc1ccc(CN(C)Cc2cc(C)on2)cc1. The Balaban J connectivity index is 1.91. The molecule has 0 aliphatic heterocycles. The molecule has 0 amide bonds. The summed E-state index contributed by atoms with van der Waals surface area (Å²) in [5.74, 6) is 0.864. The van der Waals surface area contributed by atoms with Crippen LogP contribution < -0.4 is 0 Å². The summed E-state index contributed by atoms with van der Waals surface area (Å²) in [7, 11) is 2.09. The van der Waals surface area contributed by atoms with Gasteiger partial charge in [0.25, 0.3) is 0 Å². The van der Waals surface area contributed by atoms with Crippen molar-refractivity contribution in [3.8, 4) is 0 Å². The van der Waals surface area contributed by atoms with Crippen molar-refractivity contribution in [2.75, 3.05) is 13.3 Å². The Kier molecular flexibility index (Phi) is 4.44. The summed E-state index contributed by atoms with van der Waals surface area (Å²) in [6.07, 6.45) is 2.09. The standard InChI is InChI=1S/C14H18N2OS/c1-11-8-13(15-17-11)10-16(2)9-12-4-6-14(18-3)7-5-12/h4-8H,9-10H2,1-3H3. The second kappa shape index (κ2) is 6.07. The predicted molar refractivity (Wildman–Crippen MR) is 74.6 cm³/mol. The van der Waals surface area contributed by atoms with Crippen molar-refractivity contribution < 1.29 is 4.52 Å². The molecule has 3 nitrogen and oxygen atoms in total. The fourth-order valence-electron chi connectivity index (χ4n) is 1.87. The molecule has 0 spiro atoms. The lowest BCUT2D eigenvalue weighted by molar-refractivity contribution is 0.302. The molecule has 0 N–H and O–H groups in total. The molecule has 1 aromatic carbocycles. The normalized spacial score (nSPS) is 11.1. The summed E-state index contributed by atoms with van der Waals surface area (Å²) < 4.78 is 5.07. The van der Waals surface area contributed by atoms with Gasteiger partial charge in [0.15, 0.2) is 0 Å². The molecule has 96 valence electrons. The van der Waals surface area contributed by atoms with Gasteiger partial charge in [-0.2, -0.15) is 0 Å². The lowest BCUT2D eigenvalue weighted by atomic mass is 10.2. The summed E-state index contributed by atoms with van der Waals surface area (Å²) in [6, 6.07) is 10.7. The first-order valence-corrected chi connectivity index (χ1v) is 7.13. The first-order valence-electron chi connectivity index (χ1n) is 5.91. The number of thioether (sulfide) groups is 1. The minimum Gasteiger partial charge on any atom is -0.361 e. The second-order valence-electron chi connectivity index (χ2n) is 4.45. The lowest BCUT2D eigenvalue weighted by Gasteiger charge is -2.15. The smallest absolute Gasteiger partial charge is 0.133 e. The first-order chi connectivity index (χ1) is 8.67. The molecule has 0 aliphatic carbocycles. The van der Waals surface area contributed by atoms with E-state index in [0.29, 0.717) is 0 Å². The second-order valence-corrected chi connectivity index (χ2v) is 5.33. The van der Waals surface area contributed by atoms with Crippen LogP contribution in [-0.4, -0.2) is 23.4 Å². The largest absolute Gasteiger partial charge is 0.361 e. The van der Waals surface area contributed by atoms with E-state index in [4.69, 9.17) is 4.52 Å². The molecule has 0 aliphatic rings. The van der Waals surface area contributed by atoms with Gasteiger partial charge in [0.05, 0.1) is 5.69 Å². The Labute approximate surface area is 112 Å². The average Bonchev–Trinajstić information content (AvgIpc) is 2.75. The highest BCUT2D eigenvalue weighted by atomic mass is 32.2. The van der Waals surface area contributed by atoms with Crippen LogP contribution in [0.2, 0.25) is 0 Å². The minimum atomic E-state index is 0.807. The van der Waals surface area contributed by atoms with Gasteiger partial charge in [0, 0.05) is 24.1 Å². The molecular formula is C14H18N2OS. The van der Waals surface area contributed by atoms with Gasteiger partial charge >= 0.3 is 0 Å². The van der Waals surface area contributed by atoms with Crippen LogP contribution in [0.1, 0.15) is 17.0 Å². The van der Waals surface area contributed by atoms with Crippen molar-refractivity contribution in [2.24, 2.45) is 0 Å². The zero-order valence-corrected chi connectivity index (χ0v) is 11.8. The van der Waals surface area contributed by atoms with Crippen LogP contribution >= 0.6 is 11.8 Å². The summed E-state index contributed by atoms with van der Waals surface area (Å²) in [5, 5.41) is 4.00. The molecule has 2 rings (SSSR count). The van der Waals surface area contributed by atoms with E-state index in [9.17, 15) is 0 Å². The highest BCUT2D eigenvalue weighted by Gasteiger charge is 2.05. The monoisotopic (exact) mass is 262 g/mol. The number of hydrogen-bond donors (Lipinski definition) is 0. The summed E-state index contributed by atoms with van der Waals surface area (Å²) in [4.78, 5) is 3.53. The van der Waals surface area contributed by atoms with Crippen LogP contribution in [0.3, 0.4) is 0 Å². The van der Waals surface area contributed by atoms with Gasteiger partial charge in [0.1, 0.15) is 5.76 Å². The minimum absolute atomic E-state index is 0.807. The van der Waals surface area contributed by atoms with Crippen molar-refractivity contribution in [1.82, 2.24) is 10.1 Å². The van der Waals surface area contributed by atoms with E-state index < -0.39 is 0 Å². The quantitative estimate of drug-likeness (QED) is 0.773. The van der Waals surface area contributed by atoms with Crippen LogP contribution in [0.4, 0.5) is 0 Å². The van der Waals surface area contributed by atoms with Crippen LogP contribution in [0, 0.1) is 6.92 Å². The highest BCUT2D eigenvalue weighted by molar-refractivity contribution is 7.98. The van der Waals surface area contributed by atoms with Crippen molar-refractivity contribution in [3.63, 3.8) is 0 Å². The molecule has 2 aromatic rings. The van der Waals surface area contributed by atoms with E-state index in [0.717, 1.165) is 24.5 Å². The van der Waals surface area contributed by atoms with Crippen molar-refractivity contribution >= 4 is 11.8 Å². The number of hydrogen-bond acceptors (Lipinski definition) is 4. The van der Waals surface area contributed by atoms with E-state index in [1.54, 1.807) is 11.8 Å². The molecule has 1 aromatic heterocycles. The maximum atomic E-state index is 5.07. The molecule has 18 heavy (non-hydrogen) atoms. The summed E-state index contributed by atoms with van der Waals surface area (Å²) in [6.45, 7) is 3.64. The van der Waals surface area contributed by atoms with E-state index in [-0.39, 0.29) is 0 Å². The van der Waals surface area contributed by atoms with Crippen LogP contribution in [0.15, 0.2) is 39.8 Å². The average molecular weight is 262 g/mol. The van der Waals surface area contributed by atoms with Gasteiger partial charge in [-0.05, 0) is 37.9 Å². The Hall–Kier alpha value is -1.26. The van der Waals surface area contributed by atoms with Crippen LogP contribution in [0.25, 0.3) is 0 Å². The van der Waals surface area contributed by atoms with Gasteiger partial charge in [0.2, 0.25) is 0 Å². The molecule has 4 heteroatoms. The molecule has 0 bridgehead atoms. The molecule has 0 radical (unpaired) electrons. The Morgan fingerprint density at radius 1 is 1.22 bits per heavy atom. The molecule has 1 heterocycles. The van der Waals surface area contributed by atoms with Crippen molar-refractivity contribution in [3.05, 3.63) is 47.3 Å². The first kappa shape index (κ1) is 13.2. The fraction of sp³-hybridized carbons (Fsp3) is 0.357. The van der Waals surface area contributed by atoms with Crippen molar-refractivity contribution in [2.45, 2.75) is 24.9 Å². The van der Waals surface area contributed by atoms with Crippen LogP contribution in [-0.2, 0) is 13.1 Å². The fourth-order valence-corrected chi connectivity index (χ4v) is 2.28. The van der Waals surface area contributed by atoms with E-state index >= 15 is 0 Å². The van der Waals surface area contributed by atoms with Crippen molar-refractivity contribution in [1.29, 1.82) is 0 Å². The molecule has 0 saturated heterocycles. The zero-order valence-electron chi connectivity index (χ0n) is 11.0. The number of nitrogens with zero attached hydrogens (tertiary/aromatic N) is 2. The maximum Gasteiger partial charge on any atom is 0.133 e. The number of benzene rings is 1. The molecule has 0 fully saturated rings. The molecule has 0 atom stereocenters. The zero-order chi connectivity index (χ0) is 13.0. The summed E-state index contributed by atoms with van der Waals surface area (Å²) in [5.41, 5.74) is 2.30. The Morgan fingerprint density at radius 2 is 1.94 bits per heavy atom. The lowest BCUT2D eigenvalue weighted by Crippen LogP contribution is -2.17. The van der Waals surface area contributed by atoms with Crippen LogP contribution in [0.5, 0.6) is 0 Å². The van der Waals surface area contributed by atoms with Gasteiger partial charge in [-0.15, -0.1) is 11.8 Å². The Bertz CT molecular complexity index is 493. The van der Waals surface area contributed by atoms with E-state index in [1.165, 1.54) is 10.5 Å². The molecule has 0 saturated carbocycles. The number of aromatic nitrogens is 1. The van der Waals surface area contributed by atoms with E-state index in [2.05, 4.69) is 47.6 Å². The van der Waals surface area contributed by atoms with Gasteiger partial charge in [-0.3, -0.25) is 4.90 Å². The predicted octanol–water partition coefficient (Wildman–Crippen LogP) is 3.34. The molecular weight excluding hydrogens is 244 g/mol. The van der Waals surface area contributed by atoms with Gasteiger partial charge in [-0.25, -0.2) is 0 Å².